The molecule has 1 aromatic heterocycles. The number of nitrogens with zero attached hydrogens (tertiary/aromatic N) is 1. The average molecular weight is 205 g/mol. The van der Waals surface area contributed by atoms with Crippen molar-refractivity contribution in [3.63, 3.8) is 0 Å². The number of amides is 1. The van der Waals surface area contributed by atoms with Gasteiger partial charge in [-0.2, -0.15) is 0 Å². The second kappa shape index (κ2) is 4.40. The summed E-state index contributed by atoms with van der Waals surface area (Å²) >= 11 is 0. The summed E-state index contributed by atoms with van der Waals surface area (Å²) in [4.78, 5) is 15.8. The van der Waals surface area contributed by atoms with Crippen molar-refractivity contribution >= 4 is 11.6 Å². The van der Waals surface area contributed by atoms with Gasteiger partial charge in [0.2, 0.25) is 5.91 Å². The fourth-order valence-electron chi connectivity index (χ4n) is 1.75. The number of carbonyl (C=O) groups is 1. The van der Waals surface area contributed by atoms with E-state index in [2.05, 4.69) is 15.6 Å². The smallest absolute Gasteiger partial charge is 0.228 e. The minimum absolute atomic E-state index is 0.0902. The van der Waals surface area contributed by atoms with E-state index in [1.54, 1.807) is 12.4 Å². The molecule has 1 aromatic rings. The summed E-state index contributed by atoms with van der Waals surface area (Å²) in [5.41, 5.74) is 1.84. The molecule has 0 aromatic carbocycles. The van der Waals surface area contributed by atoms with E-state index >= 15 is 0 Å². The van der Waals surface area contributed by atoms with Gasteiger partial charge in [-0.3, -0.25) is 9.78 Å². The predicted octanol–water partition coefficient (Wildman–Crippen LogP) is 0.938. The summed E-state index contributed by atoms with van der Waals surface area (Å²) in [6.07, 6.45) is 4.37. The third-order valence-corrected chi connectivity index (χ3v) is 2.57. The number of pyridine rings is 1. The minimum atomic E-state index is 0.0902. The molecule has 4 nitrogen and oxygen atoms in total. The van der Waals surface area contributed by atoms with Crippen LogP contribution in [-0.2, 0) is 4.79 Å². The summed E-state index contributed by atoms with van der Waals surface area (Å²) in [6.45, 7) is 3.68. The number of rotatable bonds is 2. The topological polar surface area (TPSA) is 54.0 Å². The first kappa shape index (κ1) is 10.1. The molecule has 0 radical (unpaired) electrons. The van der Waals surface area contributed by atoms with Crippen molar-refractivity contribution in [2.75, 3.05) is 18.4 Å². The van der Waals surface area contributed by atoms with Crippen LogP contribution in [0.25, 0.3) is 0 Å². The van der Waals surface area contributed by atoms with Crippen LogP contribution >= 0.6 is 0 Å². The van der Waals surface area contributed by atoms with E-state index in [1.165, 1.54) is 0 Å². The van der Waals surface area contributed by atoms with Crippen LogP contribution in [-0.4, -0.2) is 24.0 Å². The van der Waals surface area contributed by atoms with Gasteiger partial charge >= 0.3 is 0 Å². The SMILES string of the molecule is Cc1cncc(NC(=O)C2CCNC2)c1. The monoisotopic (exact) mass is 205 g/mol. The van der Waals surface area contributed by atoms with Gasteiger partial charge < -0.3 is 10.6 Å². The van der Waals surface area contributed by atoms with Crippen LogP contribution in [0.5, 0.6) is 0 Å². The molecular weight excluding hydrogens is 190 g/mol. The standard InChI is InChI=1S/C11H15N3O/c1-8-4-10(7-13-5-8)14-11(15)9-2-3-12-6-9/h4-5,7,9,12H,2-3,6H2,1H3,(H,14,15). The highest BCUT2D eigenvalue weighted by molar-refractivity contribution is 5.92. The van der Waals surface area contributed by atoms with Crippen LogP contribution in [0.1, 0.15) is 12.0 Å². The number of nitrogens with one attached hydrogen (secondary N) is 2. The number of hydrogen-bond acceptors (Lipinski definition) is 3. The van der Waals surface area contributed by atoms with E-state index in [4.69, 9.17) is 0 Å². The fourth-order valence-corrected chi connectivity index (χ4v) is 1.75. The average Bonchev–Trinajstić information content (AvgIpc) is 2.70. The van der Waals surface area contributed by atoms with Crippen LogP contribution < -0.4 is 10.6 Å². The first-order chi connectivity index (χ1) is 7.25. The van der Waals surface area contributed by atoms with E-state index in [9.17, 15) is 4.79 Å². The van der Waals surface area contributed by atoms with E-state index in [0.717, 1.165) is 30.8 Å². The lowest BCUT2D eigenvalue weighted by molar-refractivity contribution is -0.119. The highest BCUT2D eigenvalue weighted by Gasteiger charge is 2.22. The Morgan fingerprint density at radius 3 is 3.13 bits per heavy atom. The molecule has 0 spiro atoms. The molecule has 1 aliphatic rings. The number of aryl methyl sites for hydroxylation is 1. The van der Waals surface area contributed by atoms with Gasteiger partial charge in [-0.15, -0.1) is 0 Å². The van der Waals surface area contributed by atoms with Gasteiger partial charge in [-0.1, -0.05) is 0 Å². The molecule has 1 fully saturated rings. The normalized spacial score (nSPS) is 20.2. The zero-order valence-electron chi connectivity index (χ0n) is 8.79. The number of aromatic nitrogens is 1. The number of carbonyl (C=O) groups excluding carboxylic acids is 1. The maximum atomic E-state index is 11.7. The molecule has 0 saturated carbocycles. The Morgan fingerprint density at radius 2 is 2.47 bits per heavy atom. The second-order valence-corrected chi connectivity index (χ2v) is 3.93. The van der Waals surface area contributed by atoms with E-state index in [1.807, 2.05) is 13.0 Å². The summed E-state index contributed by atoms with van der Waals surface area (Å²) in [5.74, 6) is 0.193. The second-order valence-electron chi connectivity index (χ2n) is 3.93. The molecule has 2 heterocycles. The maximum Gasteiger partial charge on any atom is 0.228 e. The maximum absolute atomic E-state index is 11.7. The first-order valence-electron chi connectivity index (χ1n) is 5.19. The lowest BCUT2D eigenvalue weighted by atomic mass is 10.1. The highest BCUT2D eigenvalue weighted by Crippen LogP contribution is 2.12. The fraction of sp³-hybridized carbons (Fsp3) is 0.455. The van der Waals surface area contributed by atoms with Crippen molar-refractivity contribution in [3.8, 4) is 0 Å². The number of anilines is 1. The summed E-state index contributed by atoms with van der Waals surface area (Å²) in [7, 11) is 0. The highest BCUT2D eigenvalue weighted by atomic mass is 16.1. The molecule has 2 rings (SSSR count). The lowest BCUT2D eigenvalue weighted by Crippen LogP contribution is -2.24. The van der Waals surface area contributed by atoms with Crippen molar-refractivity contribution in [1.29, 1.82) is 0 Å². The molecule has 0 bridgehead atoms. The molecule has 1 unspecified atom stereocenters. The zero-order valence-corrected chi connectivity index (χ0v) is 8.79. The van der Waals surface area contributed by atoms with Crippen LogP contribution in [0.3, 0.4) is 0 Å². The van der Waals surface area contributed by atoms with Gasteiger partial charge in [0, 0.05) is 12.7 Å². The first-order valence-corrected chi connectivity index (χ1v) is 5.19. The third-order valence-electron chi connectivity index (χ3n) is 2.57. The Kier molecular flexibility index (Phi) is 2.97. The van der Waals surface area contributed by atoms with Crippen LogP contribution in [0.4, 0.5) is 5.69 Å². The van der Waals surface area contributed by atoms with Gasteiger partial charge in [0.25, 0.3) is 0 Å². The quantitative estimate of drug-likeness (QED) is 0.755. The molecule has 80 valence electrons. The predicted molar refractivity (Wildman–Crippen MR) is 58.6 cm³/mol. The van der Waals surface area contributed by atoms with Gasteiger partial charge in [0.15, 0.2) is 0 Å². The van der Waals surface area contributed by atoms with Crippen molar-refractivity contribution in [1.82, 2.24) is 10.3 Å². The Bertz CT molecular complexity index is 359. The van der Waals surface area contributed by atoms with Crippen molar-refractivity contribution in [2.45, 2.75) is 13.3 Å². The van der Waals surface area contributed by atoms with Crippen LogP contribution in [0, 0.1) is 12.8 Å². The Labute approximate surface area is 89.1 Å². The van der Waals surface area contributed by atoms with Gasteiger partial charge in [0.05, 0.1) is 17.8 Å². The Morgan fingerprint density at radius 1 is 1.60 bits per heavy atom. The third kappa shape index (κ3) is 2.53. The van der Waals surface area contributed by atoms with Crippen molar-refractivity contribution < 1.29 is 4.79 Å². The molecule has 1 saturated heterocycles. The molecule has 1 amide bonds. The molecule has 15 heavy (non-hydrogen) atoms. The summed E-state index contributed by atoms with van der Waals surface area (Å²) in [5, 5.41) is 6.06. The minimum Gasteiger partial charge on any atom is -0.324 e. The molecule has 2 N–H and O–H groups in total. The largest absolute Gasteiger partial charge is 0.324 e. The summed E-state index contributed by atoms with van der Waals surface area (Å²) in [6, 6.07) is 1.92. The molecule has 1 atom stereocenters. The van der Waals surface area contributed by atoms with Gasteiger partial charge in [0.1, 0.15) is 0 Å². The van der Waals surface area contributed by atoms with Gasteiger partial charge in [-0.05, 0) is 31.5 Å². The molecule has 1 aliphatic heterocycles. The summed E-state index contributed by atoms with van der Waals surface area (Å²) < 4.78 is 0. The van der Waals surface area contributed by atoms with Crippen LogP contribution in [0.2, 0.25) is 0 Å². The zero-order chi connectivity index (χ0) is 10.7. The van der Waals surface area contributed by atoms with Gasteiger partial charge in [-0.25, -0.2) is 0 Å². The molecule has 0 aliphatic carbocycles. The molecular formula is C11H15N3O. The van der Waals surface area contributed by atoms with E-state index < -0.39 is 0 Å². The van der Waals surface area contributed by atoms with E-state index in [0.29, 0.717) is 0 Å². The van der Waals surface area contributed by atoms with Crippen molar-refractivity contribution in [2.24, 2.45) is 5.92 Å². The Hall–Kier alpha value is -1.42. The Balaban J connectivity index is 1.99. The van der Waals surface area contributed by atoms with Crippen molar-refractivity contribution in [3.05, 3.63) is 24.0 Å². The van der Waals surface area contributed by atoms with Crippen LogP contribution in [0.15, 0.2) is 18.5 Å². The van der Waals surface area contributed by atoms with E-state index in [-0.39, 0.29) is 11.8 Å². The molecule has 4 heteroatoms. The lowest BCUT2D eigenvalue weighted by Gasteiger charge is -2.09. The number of hydrogen-bond donors (Lipinski definition) is 2.